The van der Waals surface area contributed by atoms with Crippen LogP contribution in [0.4, 0.5) is 0 Å². The number of hydrogen-bond donors (Lipinski definition) is 0. The Morgan fingerprint density at radius 3 is 0.333 bits per heavy atom. The van der Waals surface area contributed by atoms with E-state index in [2.05, 4.69) is 143 Å². The molecular weight excluding hydrogens is 929 g/mol. The lowest BCUT2D eigenvalue weighted by Gasteiger charge is -2.52. The van der Waals surface area contributed by atoms with E-state index in [1.807, 2.05) is 0 Å². The molecule has 0 amide bonds. The van der Waals surface area contributed by atoms with Gasteiger partial charge in [0.1, 0.15) is 0 Å². The maximum atomic E-state index is 3.29. The van der Waals surface area contributed by atoms with Gasteiger partial charge in [-0.2, -0.15) is 0 Å². The van der Waals surface area contributed by atoms with Crippen molar-refractivity contribution in [3.8, 4) is 0 Å². The molecule has 182 valence electrons. The van der Waals surface area contributed by atoms with E-state index in [1.54, 1.807) is 0 Å². The first-order chi connectivity index (χ1) is 13.6. The molecule has 0 saturated carbocycles. The van der Waals surface area contributed by atoms with Crippen molar-refractivity contribution in [2.24, 2.45) is 0 Å². The monoisotopic (exact) mass is 961 g/mol. The average Bonchev–Trinajstić information content (AvgIpc) is 2.50. The Bertz CT molecular complexity index is 323. The molecule has 0 aliphatic carbocycles. The van der Waals surface area contributed by atoms with Crippen molar-refractivity contribution in [1.82, 2.24) is 0 Å². The highest BCUT2D eigenvalue weighted by Gasteiger charge is 2.50. The molecule has 30 heteroatoms. The average molecular weight is 961 g/mol. The van der Waals surface area contributed by atoms with Gasteiger partial charge in [0, 0.05) is 0 Å². The van der Waals surface area contributed by atoms with Gasteiger partial charge in [0.2, 0.25) is 0 Å². The minimum absolute atomic E-state index is 0.0331. The second kappa shape index (κ2) is 23.3. The maximum Gasteiger partial charge on any atom is -0.000343 e. The third kappa shape index (κ3) is 15.5. The highest BCUT2D eigenvalue weighted by Crippen LogP contribution is 3.38. The van der Waals surface area contributed by atoms with Crippen molar-refractivity contribution < 1.29 is 0 Å². The van der Waals surface area contributed by atoms with Gasteiger partial charge in [-0.25, -0.2) is 0 Å². The summed E-state index contributed by atoms with van der Waals surface area (Å²) in [5, 5.41) is 0. The Morgan fingerprint density at radius 2 is 0.267 bits per heavy atom. The zero-order chi connectivity index (χ0) is 24.1. The molecular formula is H32P30. The van der Waals surface area contributed by atoms with Crippen molar-refractivity contribution >= 4 is 241 Å². The smallest absolute Gasteiger partial charge is 0.000343 e. The van der Waals surface area contributed by atoms with Gasteiger partial charge in [-0.1, -0.05) is 0 Å². The lowest BCUT2D eigenvalue weighted by atomic mass is 28.5. The number of hydrogen-bond acceptors (Lipinski definition) is 0. The topological polar surface area (TPSA) is 0 Å². The van der Waals surface area contributed by atoms with Gasteiger partial charge >= 0.3 is 0 Å². The molecule has 16 unspecified atom stereocenters. The summed E-state index contributed by atoms with van der Waals surface area (Å²) < 4.78 is 0. The molecule has 0 aromatic rings. The van der Waals surface area contributed by atoms with Crippen LogP contribution in [-0.4, -0.2) is 0 Å². The summed E-state index contributed by atoms with van der Waals surface area (Å²) in [6, 6.07) is 0. The Labute approximate surface area is 238 Å². The molecule has 0 radical (unpaired) electrons. The van der Waals surface area contributed by atoms with Crippen LogP contribution in [0.1, 0.15) is 0 Å². The summed E-state index contributed by atoms with van der Waals surface area (Å²) in [7, 11) is 52.6. The summed E-state index contributed by atoms with van der Waals surface area (Å²) in [5.41, 5.74) is 0. The second-order valence-electron chi connectivity index (χ2n) is 4.65. The Morgan fingerprint density at radius 1 is 0.167 bits per heavy atom. The Balaban J connectivity index is 7.14. The van der Waals surface area contributed by atoms with Crippen molar-refractivity contribution in [3.05, 3.63) is 0 Å². The molecule has 0 fully saturated rings. The van der Waals surface area contributed by atoms with Crippen LogP contribution in [0.3, 0.4) is 0 Å². The summed E-state index contributed by atoms with van der Waals surface area (Å²) in [6.07, 6.45) is 0. The van der Waals surface area contributed by atoms with Crippen molar-refractivity contribution in [2.75, 3.05) is 0 Å². The lowest BCUT2D eigenvalue weighted by Crippen LogP contribution is -1.64. The quantitative estimate of drug-likeness (QED) is 0.161. The molecule has 0 bridgehead atoms. The SMILES string of the molecule is PP(P)P(P(P)P)P(P(P(P)P)P(P)P)P(P(P(P)P)P(P)P)P(P(P)P)P(P)P. The van der Waals surface area contributed by atoms with Gasteiger partial charge < -0.3 is 0 Å². The van der Waals surface area contributed by atoms with Gasteiger partial charge in [0.05, 0.1) is 0 Å². The largest absolute Gasteiger partial charge is 0.102 e. The standard InChI is InChI=1S/H32P30/c1-17(2)25(18(3)4)29(26(19(5)6)20(7)8)30(27(21(9)10)22(11)12)28(23(13)14)24(15)16/h1-16H2. The van der Waals surface area contributed by atoms with Crippen LogP contribution in [0.25, 0.3) is 0 Å². The first-order valence-corrected chi connectivity index (χ1v) is 60.6. The first-order valence-electron chi connectivity index (χ1n) is 6.73. The van der Waals surface area contributed by atoms with Crippen LogP contribution in [0, 0.1) is 0 Å². The summed E-state index contributed by atoms with van der Waals surface area (Å²) in [6.45, 7) is -0.252. The fourth-order valence-electron chi connectivity index (χ4n) is 1.65. The zero-order valence-electron chi connectivity index (χ0n) is 15.5. The third-order valence-corrected chi connectivity index (χ3v) is 199. The highest BCUT2D eigenvalue weighted by molar-refractivity contribution is 9.44. The zero-order valence-corrected chi connectivity index (χ0v) is 46.5. The summed E-state index contributed by atoms with van der Waals surface area (Å²) in [5.74, 6) is 0. The molecule has 0 aromatic carbocycles. The molecule has 16 atom stereocenters. The van der Waals surface area contributed by atoms with E-state index in [-0.39, 0.29) is 97.8 Å². The molecule has 0 spiro atoms. The first kappa shape index (κ1) is 42.9. The maximum absolute atomic E-state index is 3.29. The van der Waals surface area contributed by atoms with Crippen LogP contribution in [0.2, 0.25) is 0 Å². The molecule has 0 aliphatic heterocycles. The van der Waals surface area contributed by atoms with E-state index in [0.717, 1.165) is 0 Å². The molecule has 0 heterocycles. The van der Waals surface area contributed by atoms with Gasteiger partial charge in [-0.15, -0.1) is 143 Å². The predicted octanol–water partition coefficient (Wildman–Crippen LogP) is 17.3. The normalized spacial score (nSPS) is 14.2. The van der Waals surface area contributed by atoms with Gasteiger partial charge in [-0.3, -0.25) is 0 Å². The Hall–Kier alpha value is 12.9. The fraction of sp³-hybridized carbons (Fsp3) is 0. The van der Waals surface area contributed by atoms with Crippen LogP contribution < -0.4 is 0 Å². The molecule has 0 rings (SSSR count). The van der Waals surface area contributed by atoms with Crippen LogP contribution in [0.5, 0.6) is 0 Å². The summed E-state index contributed by atoms with van der Waals surface area (Å²) >= 11 is 0. The molecule has 0 N–H and O–H groups in total. The Kier molecular flexibility index (Phi) is 33.3. The second-order valence-corrected chi connectivity index (χ2v) is 126. The van der Waals surface area contributed by atoms with E-state index in [9.17, 15) is 0 Å². The van der Waals surface area contributed by atoms with Crippen molar-refractivity contribution in [2.45, 2.75) is 0 Å². The predicted molar refractivity (Wildman–Crippen MR) is 252 cm³/mol. The molecule has 30 heavy (non-hydrogen) atoms. The van der Waals surface area contributed by atoms with E-state index in [4.69, 9.17) is 0 Å². The van der Waals surface area contributed by atoms with Crippen LogP contribution in [-0.2, 0) is 0 Å². The lowest BCUT2D eigenvalue weighted by molar-refractivity contribution is 4.42. The summed E-state index contributed by atoms with van der Waals surface area (Å²) in [4.78, 5) is 0. The van der Waals surface area contributed by atoms with E-state index in [1.165, 1.54) is 0 Å². The van der Waals surface area contributed by atoms with E-state index in [0.29, 0.717) is 0 Å². The van der Waals surface area contributed by atoms with E-state index < -0.39 is 0 Å². The highest BCUT2D eigenvalue weighted by atomic mass is 33.5. The van der Waals surface area contributed by atoms with Gasteiger partial charge in [0.25, 0.3) is 0 Å². The minimum atomic E-state index is -0.0585. The van der Waals surface area contributed by atoms with Crippen LogP contribution >= 0.6 is 241 Å². The van der Waals surface area contributed by atoms with Gasteiger partial charge in [0.15, 0.2) is 0 Å². The fourth-order valence-corrected chi connectivity index (χ4v) is 400. The third-order valence-electron chi connectivity index (χ3n) is 2.45. The molecule has 0 aromatic heterocycles. The molecule has 0 nitrogen and oxygen atoms in total. The minimum Gasteiger partial charge on any atom is -0.102 e. The van der Waals surface area contributed by atoms with E-state index >= 15 is 0 Å². The number of rotatable bonds is 13. The van der Waals surface area contributed by atoms with Gasteiger partial charge in [-0.05, 0) is 97.8 Å². The molecule has 0 aliphatic rings. The van der Waals surface area contributed by atoms with Crippen molar-refractivity contribution in [3.63, 3.8) is 0 Å². The van der Waals surface area contributed by atoms with Crippen LogP contribution in [0.15, 0.2) is 0 Å². The molecule has 0 saturated heterocycles. The van der Waals surface area contributed by atoms with Crippen molar-refractivity contribution in [1.29, 1.82) is 0 Å².